The van der Waals surface area contributed by atoms with Crippen molar-refractivity contribution >= 4 is 12.2 Å². The number of H-pyrrole nitrogens is 1. The smallest absolute Gasteiger partial charge is 0.267 e. The summed E-state index contributed by atoms with van der Waals surface area (Å²) >= 11 is 0. The van der Waals surface area contributed by atoms with Crippen molar-refractivity contribution in [3.05, 3.63) is 61.6 Å². The Kier molecular flexibility index (Phi) is 4.04. The van der Waals surface area contributed by atoms with Crippen molar-refractivity contribution in [3.63, 3.8) is 0 Å². The number of hydrogen-bond acceptors (Lipinski definition) is 3. The van der Waals surface area contributed by atoms with E-state index in [2.05, 4.69) is 43.1 Å². The summed E-state index contributed by atoms with van der Waals surface area (Å²) in [6.45, 7) is 7.94. The molecule has 0 aliphatic heterocycles. The molecule has 2 rings (SSSR count). The fourth-order valence-electron chi connectivity index (χ4n) is 2.18. The van der Waals surface area contributed by atoms with Gasteiger partial charge in [0.1, 0.15) is 11.6 Å². The lowest BCUT2D eigenvalue weighted by atomic mass is 10.00. The highest BCUT2D eigenvalue weighted by Crippen LogP contribution is 2.18. The summed E-state index contributed by atoms with van der Waals surface area (Å²) in [5.41, 5.74) is 5.62. The SMILES string of the molecule is Cc1cc(C)c(/C=C/c2n[nH]c(=O)c(C#N)c2C)cc1C. The van der Waals surface area contributed by atoms with Crippen molar-refractivity contribution in [2.45, 2.75) is 27.7 Å². The van der Waals surface area contributed by atoms with Crippen LogP contribution in [-0.4, -0.2) is 10.2 Å². The molecular formula is C17H17N3O. The molecule has 0 bridgehead atoms. The first-order chi connectivity index (χ1) is 9.93. The van der Waals surface area contributed by atoms with Gasteiger partial charge in [0, 0.05) is 0 Å². The highest BCUT2D eigenvalue weighted by molar-refractivity contribution is 5.72. The van der Waals surface area contributed by atoms with Gasteiger partial charge in [-0.05, 0) is 61.6 Å². The average molecular weight is 279 g/mol. The van der Waals surface area contributed by atoms with Gasteiger partial charge in [-0.1, -0.05) is 18.2 Å². The third-order valence-corrected chi connectivity index (χ3v) is 3.68. The van der Waals surface area contributed by atoms with E-state index in [4.69, 9.17) is 5.26 Å². The minimum atomic E-state index is -0.450. The number of aromatic amines is 1. The molecule has 0 amide bonds. The van der Waals surface area contributed by atoms with Crippen LogP contribution in [0.25, 0.3) is 12.2 Å². The molecule has 4 nitrogen and oxygen atoms in total. The Morgan fingerprint density at radius 2 is 1.76 bits per heavy atom. The Bertz CT molecular complexity index is 823. The molecule has 4 heteroatoms. The van der Waals surface area contributed by atoms with Crippen LogP contribution in [-0.2, 0) is 0 Å². The molecule has 0 saturated carbocycles. The van der Waals surface area contributed by atoms with Crippen LogP contribution in [0, 0.1) is 39.0 Å². The molecule has 1 aromatic heterocycles. The van der Waals surface area contributed by atoms with Crippen LogP contribution >= 0.6 is 0 Å². The minimum Gasteiger partial charge on any atom is -0.267 e. The fourth-order valence-corrected chi connectivity index (χ4v) is 2.18. The number of rotatable bonds is 2. The molecular weight excluding hydrogens is 262 g/mol. The van der Waals surface area contributed by atoms with Gasteiger partial charge < -0.3 is 0 Å². The first-order valence-corrected chi connectivity index (χ1v) is 6.69. The highest BCUT2D eigenvalue weighted by atomic mass is 16.1. The molecule has 0 unspecified atom stereocenters. The van der Waals surface area contributed by atoms with E-state index in [1.165, 1.54) is 16.7 Å². The Hall–Kier alpha value is -2.67. The zero-order valence-corrected chi connectivity index (χ0v) is 12.6. The lowest BCUT2D eigenvalue weighted by Crippen LogP contribution is -2.15. The molecule has 0 saturated heterocycles. The van der Waals surface area contributed by atoms with Gasteiger partial charge in [-0.25, -0.2) is 5.10 Å². The van der Waals surface area contributed by atoms with Crippen LogP contribution in [0.1, 0.15) is 39.1 Å². The maximum absolute atomic E-state index is 11.5. The summed E-state index contributed by atoms with van der Waals surface area (Å²) in [7, 11) is 0. The summed E-state index contributed by atoms with van der Waals surface area (Å²) in [4.78, 5) is 11.5. The van der Waals surface area contributed by atoms with Gasteiger partial charge in [0.25, 0.3) is 5.56 Å². The molecule has 1 aromatic carbocycles. The molecule has 21 heavy (non-hydrogen) atoms. The van der Waals surface area contributed by atoms with Crippen molar-refractivity contribution < 1.29 is 0 Å². The molecule has 0 atom stereocenters. The summed E-state index contributed by atoms with van der Waals surface area (Å²) in [6.07, 6.45) is 3.78. The van der Waals surface area contributed by atoms with Gasteiger partial charge in [0.2, 0.25) is 0 Å². The Labute approximate surface area is 123 Å². The molecule has 1 heterocycles. The molecule has 0 aliphatic carbocycles. The van der Waals surface area contributed by atoms with Crippen LogP contribution in [0.5, 0.6) is 0 Å². The number of nitriles is 1. The van der Waals surface area contributed by atoms with Crippen LogP contribution < -0.4 is 5.56 Å². The quantitative estimate of drug-likeness (QED) is 0.918. The Morgan fingerprint density at radius 1 is 1.10 bits per heavy atom. The summed E-state index contributed by atoms with van der Waals surface area (Å²) < 4.78 is 0. The second-order valence-corrected chi connectivity index (χ2v) is 5.18. The summed E-state index contributed by atoms with van der Waals surface area (Å²) in [6, 6.07) is 6.17. The van der Waals surface area contributed by atoms with E-state index in [1.807, 2.05) is 18.2 Å². The topological polar surface area (TPSA) is 69.5 Å². The lowest BCUT2D eigenvalue weighted by molar-refractivity contribution is 0.952. The van der Waals surface area contributed by atoms with Gasteiger partial charge in [-0.3, -0.25) is 4.79 Å². The van der Waals surface area contributed by atoms with E-state index in [0.29, 0.717) is 11.3 Å². The second kappa shape index (κ2) is 5.76. The fraction of sp³-hybridized carbons (Fsp3) is 0.235. The highest BCUT2D eigenvalue weighted by Gasteiger charge is 2.07. The third-order valence-electron chi connectivity index (χ3n) is 3.68. The van der Waals surface area contributed by atoms with Gasteiger partial charge in [-0.2, -0.15) is 10.4 Å². The summed E-state index contributed by atoms with van der Waals surface area (Å²) in [5, 5.41) is 15.3. The number of aryl methyl sites for hydroxylation is 3. The van der Waals surface area contributed by atoms with E-state index in [-0.39, 0.29) is 5.56 Å². The van der Waals surface area contributed by atoms with Crippen molar-refractivity contribution in [3.8, 4) is 6.07 Å². The molecule has 1 N–H and O–H groups in total. The molecule has 0 radical (unpaired) electrons. The minimum absolute atomic E-state index is 0.112. The van der Waals surface area contributed by atoms with Gasteiger partial charge in [-0.15, -0.1) is 0 Å². The maximum atomic E-state index is 11.5. The van der Waals surface area contributed by atoms with Gasteiger partial charge in [0.05, 0.1) is 5.69 Å². The molecule has 0 aliphatic rings. The number of hydrogen-bond donors (Lipinski definition) is 1. The van der Waals surface area contributed by atoms with Crippen molar-refractivity contribution in [2.75, 3.05) is 0 Å². The third kappa shape index (κ3) is 2.92. The van der Waals surface area contributed by atoms with Crippen LogP contribution in [0.4, 0.5) is 0 Å². The average Bonchev–Trinajstić information content (AvgIpc) is 2.43. The lowest BCUT2D eigenvalue weighted by Gasteiger charge is -2.06. The predicted molar refractivity (Wildman–Crippen MR) is 83.9 cm³/mol. The zero-order valence-electron chi connectivity index (χ0n) is 12.6. The van der Waals surface area contributed by atoms with E-state index in [0.717, 1.165) is 5.56 Å². The van der Waals surface area contributed by atoms with Crippen LogP contribution in [0.2, 0.25) is 0 Å². The van der Waals surface area contributed by atoms with Crippen LogP contribution in [0.15, 0.2) is 16.9 Å². The van der Waals surface area contributed by atoms with Gasteiger partial charge >= 0.3 is 0 Å². The van der Waals surface area contributed by atoms with E-state index >= 15 is 0 Å². The van der Waals surface area contributed by atoms with Crippen LogP contribution in [0.3, 0.4) is 0 Å². The van der Waals surface area contributed by atoms with Gasteiger partial charge in [0.15, 0.2) is 0 Å². The first-order valence-electron chi connectivity index (χ1n) is 6.69. The van der Waals surface area contributed by atoms with Crippen molar-refractivity contribution in [1.82, 2.24) is 10.2 Å². The number of aromatic nitrogens is 2. The van der Waals surface area contributed by atoms with E-state index in [1.54, 1.807) is 6.92 Å². The Morgan fingerprint density at radius 3 is 2.43 bits per heavy atom. The summed E-state index contributed by atoms with van der Waals surface area (Å²) in [5.74, 6) is 0. The first kappa shape index (κ1) is 14.7. The number of benzene rings is 1. The largest absolute Gasteiger partial charge is 0.282 e. The molecule has 0 fully saturated rings. The standard InChI is InChI=1S/C17H17N3O/c1-10-7-12(3)14(8-11(10)2)5-6-16-13(4)15(9-18)17(21)20-19-16/h5-8H,1-4H3,(H,20,21)/b6-5+. The normalized spacial score (nSPS) is 10.8. The number of nitrogens with zero attached hydrogens (tertiary/aromatic N) is 2. The number of nitrogens with one attached hydrogen (secondary N) is 1. The van der Waals surface area contributed by atoms with E-state index < -0.39 is 5.56 Å². The van der Waals surface area contributed by atoms with Crippen molar-refractivity contribution in [1.29, 1.82) is 5.26 Å². The molecule has 0 spiro atoms. The monoisotopic (exact) mass is 279 g/mol. The van der Waals surface area contributed by atoms with E-state index in [9.17, 15) is 4.79 Å². The Balaban J connectivity index is 2.46. The maximum Gasteiger partial charge on any atom is 0.282 e. The molecule has 106 valence electrons. The second-order valence-electron chi connectivity index (χ2n) is 5.18. The predicted octanol–water partition coefficient (Wildman–Crippen LogP) is 3.05. The molecule has 2 aromatic rings. The van der Waals surface area contributed by atoms with Crippen molar-refractivity contribution in [2.24, 2.45) is 0 Å². The zero-order chi connectivity index (χ0) is 15.6.